The Morgan fingerprint density at radius 1 is 1.19 bits per heavy atom. The van der Waals surface area contributed by atoms with Crippen molar-refractivity contribution in [1.29, 1.82) is 0 Å². The summed E-state index contributed by atoms with van der Waals surface area (Å²) in [4.78, 5) is 24.5. The Morgan fingerprint density at radius 2 is 1.89 bits per heavy atom. The summed E-state index contributed by atoms with van der Waals surface area (Å²) in [5.74, 6) is -0.0282. The summed E-state index contributed by atoms with van der Waals surface area (Å²) in [5, 5.41) is 11.8. The number of benzene rings is 1. The van der Waals surface area contributed by atoms with Crippen LogP contribution in [0.5, 0.6) is 0 Å². The second-order valence-electron chi connectivity index (χ2n) is 5.71. The molecule has 0 fully saturated rings. The molecule has 3 N–H and O–H groups in total. The van der Waals surface area contributed by atoms with Gasteiger partial charge in [-0.05, 0) is 49.4 Å². The van der Waals surface area contributed by atoms with Gasteiger partial charge in [-0.3, -0.25) is 9.59 Å². The minimum absolute atomic E-state index is 0.0717. The number of amides is 1. The number of nitrogens with two attached hydrogens (primary N) is 1. The Labute approximate surface area is 154 Å². The average molecular weight is 388 g/mol. The largest absolute Gasteiger partial charge is 0.463 e. The fourth-order valence-electron chi connectivity index (χ4n) is 2.34. The molecule has 3 rings (SSSR count). The highest BCUT2D eigenvalue weighted by molar-refractivity contribution is 7.89. The van der Waals surface area contributed by atoms with Crippen LogP contribution < -0.4 is 16.0 Å². The van der Waals surface area contributed by atoms with E-state index in [0.717, 1.165) is 4.68 Å². The maximum absolute atomic E-state index is 12.5. The van der Waals surface area contributed by atoms with Crippen LogP contribution in [0.25, 0.3) is 11.5 Å². The molecule has 9 nitrogen and oxygen atoms in total. The number of rotatable bonds is 5. The zero-order valence-electron chi connectivity index (χ0n) is 14.2. The number of sulfonamides is 1. The van der Waals surface area contributed by atoms with E-state index in [1.807, 2.05) is 0 Å². The first-order chi connectivity index (χ1) is 12.8. The molecule has 0 bridgehead atoms. The zero-order chi connectivity index (χ0) is 19.6. The van der Waals surface area contributed by atoms with Crippen molar-refractivity contribution in [2.45, 2.75) is 17.9 Å². The van der Waals surface area contributed by atoms with Crippen LogP contribution in [0, 0.1) is 0 Å². The molecule has 0 aliphatic heterocycles. The van der Waals surface area contributed by atoms with Gasteiger partial charge in [0.15, 0.2) is 5.76 Å². The maximum atomic E-state index is 12.5. The lowest BCUT2D eigenvalue weighted by atomic mass is 10.2. The number of hydrogen-bond donors (Lipinski definition) is 2. The fraction of sp³-hybridized carbons (Fsp3) is 0.118. The topological polar surface area (TPSA) is 137 Å². The second kappa shape index (κ2) is 7.17. The molecule has 0 saturated heterocycles. The molecule has 0 spiro atoms. The summed E-state index contributed by atoms with van der Waals surface area (Å²) in [7, 11) is -3.82. The van der Waals surface area contributed by atoms with Crippen LogP contribution >= 0.6 is 0 Å². The van der Waals surface area contributed by atoms with Crippen LogP contribution in [-0.2, 0) is 14.8 Å². The number of nitrogens with one attached hydrogen (secondary N) is 1. The number of aromatic nitrogens is 2. The number of primary sulfonamides is 1. The van der Waals surface area contributed by atoms with Crippen LogP contribution in [0.3, 0.4) is 0 Å². The lowest BCUT2D eigenvalue weighted by molar-refractivity contribution is -0.119. The van der Waals surface area contributed by atoms with E-state index in [0.29, 0.717) is 17.1 Å². The zero-order valence-corrected chi connectivity index (χ0v) is 15.0. The van der Waals surface area contributed by atoms with Gasteiger partial charge >= 0.3 is 0 Å². The van der Waals surface area contributed by atoms with Crippen molar-refractivity contribution in [1.82, 2.24) is 9.78 Å². The molecule has 1 amide bonds. The molecule has 3 aromatic rings. The summed E-state index contributed by atoms with van der Waals surface area (Å²) in [5.41, 5.74) is 0.323. The molecule has 2 heterocycles. The first-order valence-corrected chi connectivity index (χ1v) is 9.38. The summed E-state index contributed by atoms with van der Waals surface area (Å²) in [6.45, 7) is 1.52. The van der Waals surface area contributed by atoms with Gasteiger partial charge in [0, 0.05) is 11.8 Å². The maximum Gasteiger partial charge on any atom is 0.267 e. The number of nitrogens with zero attached hydrogens (tertiary/aromatic N) is 2. The molecular weight excluding hydrogens is 372 g/mol. The van der Waals surface area contributed by atoms with E-state index in [9.17, 15) is 18.0 Å². The van der Waals surface area contributed by atoms with Gasteiger partial charge in [-0.2, -0.15) is 5.10 Å². The Morgan fingerprint density at radius 3 is 2.48 bits per heavy atom. The highest BCUT2D eigenvalue weighted by atomic mass is 32.2. The molecule has 2 aromatic heterocycles. The molecule has 140 valence electrons. The van der Waals surface area contributed by atoms with Crippen LogP contribution in [0.2, 0.25) is 0 Å². The molecule has 0 saturated carbocycles. The summed E-state index contributed by atoms with van der Waals surface area (Å²) < 4.78 is 28.8. The number of carbonyl (C=O) groups excluding carboxylic acids is 1. The van der Waals surface area contributed by atoms with Crippen molar-refractivity contribution in [2.24, 2.45) is 5.14 Å². The van der Waals surface area contributed by atoms with E-state index in [1.165, 1.54) is 49.6 Å². The third-order valence-corrected chi connectivity index (χ3v) is 4.72. The second-order valence-corrected chi connectivity index (χ2v) is 7.27. The number of carbonyl (C=O) groups is 1. The van der Waals surface area contributed by atoms with Crippen LogP contribution in [0.15, 0.2) is 68.9 Å². The highest BCUT2D eigenvalue weighted by Gasteiger charge is 2.19. The minimum atomic E-state index is -3.82. The predicted octanol–water partition coefficient (Wildman–Crippen LogP) is 1.35. The molecule has 1 unspecified atom stereocenters. The van der Waals surface area contributed by atoms with Gasteiger partial charge in [0.25, 0.3) is 5.56 Å². The molecular formula is C17H16N4O5S. The monoisotopic (exact) mass is 388 g/mol. The minimum Gasteiger partial charge on any atom is -0.463 e. The average Bonchev–Trinajstić information content (AvgIpc) is 3.16. The lowest BCUT2D eigenvalue weighted by Gasteiger charge is -2.14. The van der Waals surface area contributed by atoms with Crippen molar-refractivity contribution in [3.63, 3.8) is 0 Å². The van der Waals surface area contributed by atoms with Gasteiger partial charge in [-0.1, -0.05) is 0 Å². The smallest absolute Gasteiger partial charge is 0.267 e. The SMILES string of the molecule is CC(C(=O)Nc1ccc(S(N)(=O)=O)cc1)n1nc(-c2ccco2)ccc1=O. The molecule has 10 heteroatoms. The van der Waals surface area contributed by atoms with E-state index in [2.05, 4.69) is 10.4 Å². The molecule has 0 aliphatic rings. The van der Waals surface area contributed by atoms with E-state index in [1.54, 1.807) is 12.1 Å². The third kappa shape index (κ3) is 4.13. The van der Waals surface area contributed by atoms with Gasteiger partial charge < -0.3 is 9.73 Å². The van der Waals surface area contributed by atoms with Gasteiger partial charge in [0.1, 0.15) is 11.7 Å². The summed E-state index contributed by atoms with van der Waals surface area (Å²) in [6.07, 6.45) is 1.48. The summed E-state index contributed by atoms with van der Waals surface area (Å²) in [6, 6.07) is 10.6. The van der Waals surface area contributed by atoms with Crippen LogP contribution in [0.1, 0.15) is 13.0 Å². The van der Waals surface area contributed by atoms with E-state index in [-0.39, 0.29) is 4.90 Å². The molecule has 0 radical (unpaired) electrons. The van der Waals surface area contributed by atoms with E-state index < -0.39 is 27.5 Å². The Kier molecular flexibility index (Phi) is 4.93. The first-order valence-electron chi connectivity index (χ1n) is 7.83. The predicted molar refractivity (Wildman–Crippen MR) is 97.4 cm³/mol. The quantitative estimate of drug-likeness (QED) is 0.677. The van der Waals surface area contributed by atoms with Crippen molar-refractivity contribution in [3.05, 3.63) is 65.1 Å². The fourth-order valence-corrected chi connectivity index (χ4v) is 2.86. The van der Waals surface area contributed by atoms with E-state index in [4.69, 9.17) is 9.56 Å². The highest BCUT2D eigenvalue weighted by Crippen LogP contribution is 2.17. The number of anilines is 1. The van der Waals surface area contributed by atoms with Gasteiger partial charge in [-0.15, -0.1) is 0 Å². The normalized spacial score (nSPS) is 12.5. The first kappa shape index (κ1) is 18.5. The number of hydrogen-bond acceptors (Lipinski definition) is 6. The van der Waals surface area contributed by atoms with Gasteiger partial charge in [-0.25, -0.2) is 18.2 Å². The van der Waals surface area contributed by atoms with Gasteiger partial charge in [0.2, 0.25) is 15.9 Å². The number of furan rings is 1. The van der Waals surface area contributed by atoms with Crippen LogP contribution in [0.4, 0.5) is 5.69 Å². The van der Waals surface area contributed by atoms with Crippen molar-refractivity contribution < 1.29 is 17.6 Å². The molecule has 1 atom stereocenters. The molecule has 0 aliphatic carbocycles. The molecule has 27 heavy (non-hydrogen) atoms. The van der Waals surface area contributed by atoms with E-state index >= 15 is 0 Å². The Bertz CT molecular complexity index is 1120. The van der Waals surface area contributed by atoms with Crippen molar-refractivity contribution >= 4 is 21.6 Å². The third-order valence-electron chi connectivity index (χ3n) is 3.80. The summed E-state index contributed by atoms with van der Waals surface area (Å²) >= 11 is 0. The lowest BCUT2D eigenvalue weighted by Crippen LogP contribution is -2.33. The Hall–Kier alpha value is -3.24. The van der Waals surface area contributed by atoms with Gasteiger partial charge in [0.05, 0.1) is 11.2 Å². The van der Waals surface area contributed by atoms with Crippen molar-refractivity contribution in [3.8, 4) is 11.5 Å². The Balaban J connectivity index is 1.81. The van der Waals surface area contributed by atoms with Crippen molar-refractivity contribution in [2.75, 3.05) is 5.32 Å². The van der Waals surface area contributed by atoms with Crippen LogP contribution in [-0.4, -0.2) is 24.1 Å². The standard InChI is InChI=1S/C17H16N4O5S/c1-11(17(23)19-12-4-6-13(7-5-12)27(18,24)25)21-16(22)9-8-14(20-21)15-3-2-10-26-15/h2-11H,1H3,(H,19,23)(H2,18,24,25). The molecule has 1 aromatic carbocycles.